The van der Waals surface area contributed by atoms with Gasteiger partial charge in [0.25, 0.3) is 5.91 Å². The minimum atomic E-state index is -0.0640. The molecule has 4 nitrogen and oxygen atoms in total. The van der Waals surface area contributed by atoms with Crippen molar-refractivity contribution in [3.63, 3.8) is 0 Å². The first-order chi connectivity index (χ1) is 16.5. The monoisotopic (exact) mass is 470 g/mol. The third-order valence-corrected chi connectivity index (χ3v) is 6.79. The molecule has 1 aromatic heterocycles. The average molecular weight is 471 g/mol. The van der Waals surface area contributed by atoms with Gasteiger partial charge in [-0.15, -0.1) is 11.8 Å². The lowest BCUT2D eigenvalue weighted by atomic mass is 10.1. The number of carbonyl (C=O) groups excluding carboxylic acids is 1. The number of thioether (sulfide) groups is 1. The second-order valence-corrected chi connectivity index (χ2v) is 9.65. The van der Waals surface area contributed by atoms with Gasteiger partial charge in [-0.25, -0.2) is 4.98 Å². The molecule has 1 amide bonds. The van der Waals surface area contributed by atoms with E-state index in [0.717, 1.165) is 35.6 Å². The maximum atomic E-state index is 12.7. The third-order valence-electron chi connectivity index (χ3n) is 5.77. The van der Waals surface area contributed by atoms with Gasteiger partial charge in [-0.3, -0.25) is 4.79 Å². The molecule has 1 atom stereocenters. The summed E-state index contributed by atoms with van der Waals surface area (Å²) in [5, 5.41) is 3.09. The zero-order valence-corrected chi connectivity index (χ0v) is 20.7. The highest BCUT2D eigenvalue weighted by Crippen LogP contribution is 2.28. The Morgan fingerprint density at radius 1 is 0.971 bits per heavy atom. The van der Waals surface area contributed by atoms with E-state index < -0.39 is 0 Å². The molecule has 34 heavy (non-hydrogen) atoms. The highest BCUT2D eigenvalue weighted by molar-refractivity contribution is 7.98. The second kappa shape index (κ2) is 11.2. The normalized spacial score (nSPS) is 11.9. The quantitative estimate of drug-likeness (QED) is 0.268. The smallest absolute Gasteiger partial charge is 0.251 e. The largest absolute Gasteiger partial charge is 0.441 e. The van der Waals surface area contributed by atoms with Crippen LogP contribution >= 0.6 is 11.8 Å². The van der Waals surface area contributed by atoms with E-state index in [1.807, 2.05) is 56.3 Å². The molecule has 4 rings (SSSR count). The molecule has 0 spiro atoms. The molecule has 0 saturated heterocycles. The summed E-state index contributed by atoms with van der Waals surface area (Å²) in [4.78, 5) is 18.6. The van der Waals surface area contributed by atoms with Crippen molar-refractivity contribution in [2.24, 2.45) is 0 Å². The van der Waals surface area contributed by atoms with Crippen LogP contribution in [0.2, 0.25) is 0 Å². The summed E-state index contributed by atoms with van der Waals surface area (Å²) in [5.74, 6) is 2.09. The van der Waals surface area contributed by atoms with E-state index in [9.17, 15) is 4.79 Å². The molecule has 3 aromatic carbocycles. The van der Waals surface area contributed by atoms with Gasteiger partial charge in [0.05, 0.1) is 5.69 Å². The van der Waals surface area contributed by atoms with Crippen molar-refractivity contribution in [2.45, 2.75) is 50.3 Å². The molecule has 1 unspecified atom stereocenters. The van der Waals surface area contributed by atoms with Gasteiger partial charge >= 0.3 is 0 Å². The molecule has 1 heterocycles. The van der Waals surface area contributed by atoms with Crippen molar-refractivity contribution >= 4 is 17.7 Å². The number of aromatic nitrogens is 1. The summed E-state index contributed by atoms with van der Waals surface area (Å²) < 4.78 is 5.92. The summed E-state index contributed by atoms with van der Waals surface area (Å²) in [7, 11) is 0. The Hall–Kier alpha value is -3.31. The molecular formula is C29H30N2O2S. The van der Waals surface area contributed by atoms with Crippen LogP contribution in [0.25, 0.3) is 11.5 Å². The Morgan fingerprint density at radius 2 is 1.68 bits per heavy atom. The van der Waals surface area contributed by atoms with Crippen LogP contribution in [0.1, 0.15) is 46.3 Å². The van der Waals surface area contributed by atoms with Crippen LogP contribution in [-0.2, 0) is 12.2 Å². The maximum Gasteiger partial charge on any atom is 0.251 e. The number of benzene rings is 3. The average Bonchev–Trinajstić information content (AvgIpc) is 3.23. The number of nitrogens with one attached hydrogen (secondary N) is 1. The lowest BCUT2D eigenvalue weighted by molar-refractivity contribution is 0.0938. The number of rotatable bonds is 9. The maximum absolute atomic E-state index is 12.7. The van der Waals surface area contributed by atoms with Crippen molar-refractivity contribution in [3.05, 3.63) is 107 Å². The van der Waals surface area contributed by atoms with E-state index in [-0.39, 0.29) is 11.9 Å². The van der Waals surface area contributed by atoms with Crippen LogP contribution in [0, 0.1) is 13.8 Å². The van der Waals surface area contributed by atoms with Gasteiger partial charge in [0.15, 0.2) is 0 Å². The highest BCUT2D eigenvalue weighted by atomic mass is 32.2. The van der Waals surface area contributed by atoms with Gasteiger partial charge in [-0.1, -0.05) is 48.0 Å². The van der Waals surface area contributed by atoms with Gasteiger partial charge in [-0.2, -0.15) is 0 Å². The molecule has 0 aliphatic rings. The van der Waals surface area contributed by atoms with Crippen molar-refractivity contribution < 1.29 is 9.21 Å². The Morgan fingerprint density at radius 3 is 2.38 bits per heavy atom. The van der Waals surface area contributed by atoms with Crippen molar-refractivity contribution in [1.82, 2.24) is 10.3 Å². The minimum absolute atomic E-state index is 0.0640. The fraction of sp³-hybridized carbons (Fsp3) is 0.241. The topological polar surface area (TPSA) is 55.1 Å². The van der Waals surface area contributed by atoms with E-state index in [1.165, 1.54) is 16.0 Å². The van der Waals surface area contributed by atoms with Gasteiger partial charge in [0.1, 0.15) is 5.76 Å². The van der Waals surface area contributed by atoms with Crippen molar-refractivity contribution in [1.29, 1.82) is 0 Å². The predicted molar refractivity (Wildman–Crippen MR) is 139 cm³/mol. The number of nitrogens with zero attached hydrogens (tertiary/aromatic N) is 1. The zero-order chi connectivity index (χ0) is 23.9. The molecular weight excluding hydrogens is 440 g/mol. The first kappa shape index (κ1) is 23.8. The lowest BCUT2D eigenvalue weighted by Crippen LogP contribution is -2.32. The molecule has 0 aliphatic carbocycles. The number of amides is 1. The van der Waals surface area contributed by atoms with E-state index in [2.05, 4.69) is 48.6 Å². The van der Waals surface area contributed by atoms with Gasteiger partial charge < -0.3 is 9.73 Å². The fourth-order valence-corrected chi connectivity index (χ4v) is 4.54. The SMILES string of the molecule is Cc1ccc(SCc2nc(-c3ccc(C(=O)NC(C)CCc4ccccc4)cc3)oc2C)cc1. The first-order valence-electron chi connectivity index (χ1n) is 11.6. The molecule has 0 radical (unpaired) electrons. The molecule has 4 aromatic rings. The summed E-state index contributed by atoms with van der Waals surface area (Å²) in [5.41, 5.74) is 4.97. The van der Waals surface area contributed by atoms with Crippen LogP contribution in [0.3, 0.4) is 0 Å². The number of carbonyl (C=O) groups is 1. The molecule has 0 aliphatic heterocycles. The highest BCUT2D eigenvalue weighted by Gasteiger charge is 2.14. The Kier molecular flexibility index (Phi) is 7.86. The molecule has 174 valence electrons. The predicted octanol–water partition coefficient (Wildman–Crippen LogP) is 7.00. The molecule has 0 saturated carbocycles. The van der Waals surface area contributed by atoms with Crippen molar-refractivity contribution in [3.8, 4) is 11.5 Å². The summed E-state index contributed by atoms with van der Waals surface area (Å²) >= 11 is 1.74. The summed E-state index contributed by atoms with van der Waals surface area (Å²) in [6.07, 6.45) is 1.84. The Balaban J connectivity index is 1.33. The van der Waals surface area contributed by atoms with Gasteiger partial charge in [0.2, 0.25) is 5.89 Å². The summed E-state index contributed by atoms with van der Waals surface area (Å²) in [6, 6.07) is 26.4. The standard InChI is InChI=1S/C29H30N2O2S/c1-20-9-17-26(18-10-20)34-19-27-22(3)33-29(31-27)25-15-13-24(14-16-25)28(32)30-21(2)11-12-23-7-5-4-6-8-23/h4-10,13-18,21H,11-12,19H2,1-3H3,(H,30,32). The molecule has 0 fully saturated rings. The summed E-state index contributed by atoms with van der Waals surface area (Å²) in [6.45, 7) is 6.07. The number of hydrogen-bond acceptors (Lipinski definition) is 4. The zero-order valence-electron chi connectivity index (χ0n) is 19.9. The minimum Gasteiger partial charge on any atom is -0.441 e. The molecule has 5 heteroatoms. The van der Waals surface area contributed by atoms with Crippen molar-refractivity contribution in [2.75, 3.05) is 0 Å². The first-order valence-corrected chi connectivity index (χ1v) is 12.6. The molecule has 1 N–H and O–H groups in total. The second-order valence-electron chi connectivity index (χ2n) is 8.60. The van der Waals surface area contributed by atoms with E-state index in [1.54, 1.807) is 11.8 Å². The number of hydrogen-bond donors (Lipinski definition) is 1. The fourth-order valence-electron chi connectivity index (χ4n) is 3.64. The van der Waals surface area contributed by atoms with Crippen LogP contribution in [0.15, 0.2) is 88.2 Å². The van der Waals surface area contributed by atoms with E-state index in [0.29, 0.717) is 11.5 Å². The van der Waals surface area contributed by atoms with E-state index in [4.69, 9.17) is 9.40 Å². The van der Waals surface area contributed by atoms with Crippen LogP contribution in [0.5, 0.6) is 0 Å². The number of aryl methyl sites for hydroxylation is 3. The van der Waals surface area contributed by atoms with Gasteiger partial charge in [-0.05, 0) is 75.6 Å². The third kappa shape index (κ3) is 6.39. The Labute approximate surface area is 205 Å². The van der Waals surface area contributed by atoms with Crippen LogP contribution in [0.4, 0.5) is 0 Å². The van der Waals surface area contributed by atoms with E-state index >= 15 is 0 Å². The lowest BCUT2D eigenvalue weighted by Gasteiger charge is -2.14. The molecule has 0 bridgehead atoms. The Bertz CT molecular complexity index is 1220. The van der Waals surface area contributed by atoms with Crippen LogP contribution < -0.4 is 5.32 Å². The number of oxazole rings is 1. The van der Waals surface area contributed by atoms with Crippen LogP contribution in [-0.4, -0.2) is 16.9 Å². The van der Waals surface area contributed by atoms with Gasteiger partial charge in [0, 0.05) is 27.8 Å².